The van der Waals surface area contributed by atoms with Crippen molar-refractivity contribution in [3.05, 3.63) is 18.5 Å². The third-order valence-corrected chi connectivity index (χ3v) is 4.47. The van der Waals surface area contributed by atoms with E-state index in [1.165, 1.54) is 16.6 Å². The second kappa shape index (κ2) is 3.33. The van der Waals surface area contributed by atoms with Gasteiger partial charge in [-0.1, -0.05) is 0 Å². The average Bonchev–Trinajstić information content (AvgIpc) is 2.72. The van der Waals surface area contributed by atoms with Crippen LogP contribution in [0.4, 0.5) is 0 Å². The van der Waals surface area contributed by atoms with E-state index in [4.69, 9.17) is 0 Å². The highest BCUT2D eigenvalue weighted by Crippen LogP contribution is 2.26. The Kier molecular flexibility index (Phi) is 2.37. The van der Waals surface area contributed by atoms with Crippen molar-refractivity contribution in [1.82, 2.24) is 9.29 Å². The predicted octanol–water partition coefficient (Wildman–Crippen LogP) is 0.160. The van der Waals surface area contributed by atoms with Crippen LogP contribution >= 0.6 is 0 Å². The first-order valence-electron chi connectivity index (χ1n) is 4.77. The van der Waals surface area contributed by atoms with Crippen LogP contribution in [-0.2, 0) is 10.0 Å². The topological polar surface area (TPSA) is 73.4 Å². The van der Waals surface area contributed by atoms with E-state index in [1.54, 1.807) is 13.1 Å². The Bertz CT molecular complexity index is 436. The Labute approximate surface area is 88.8 Å². The predicted molar refractivity (Wildman–Crippen MR) is 54.8 cm³/mol. The van der Waals surface area contributed by atoms with E-state index in [1.807, 2.05) is 0 Å². The molecule has 2 heterocycles. The first-order chi connectivity index (χ1) is 6.92. The molecule has 1 unspecified atom stereocenters. The summed E-state index contributed by atoms with van der Waals surface area (Å²) in [5.41, 5.74) is -0.899. The van der Waals surface area contributed by atoms with Crippen molar-refractivity contribution in [1.29, 1.82) is 0 Å². The van der Waals surface area contributed by atoms with Crippen LogP contribution in [0, 0.1) is 0 Å². The minimum atomic E-state index is -3.42. The highest BCUT2D eigenvalue weighted by atomic mass is 32.2. The highest BCUT2D eigenvalue weighted by Gasteiger charge is 2.38. The van der Waals surface area contributed by atoms with Crippen LogP contribution < -0.4 is 0 Å². The number of β-amino-alcohol motifs (C(OH)–C–C–N with tert-alkyl or cyclic N) is 1. The largest absolute Gasteiger partial charge is 0.389 e. The van der Waals surface area contributed by atoms with Crippen molar-refractivity contribution in [2.24, 2.45) is 0 Å². The molecule has 84 valence electrons. The van der Waals surface area contributed by atoms with Gasteiger partial charge in [0, 0.05) is 25.5 Å². The van der Waals surface area contributed by atoms with Crippen LogP contribution in [0.5, 0.6) is 0 Å². The van der Waals surface area contributed by atoms with E-state index < -0.39 is 15.6 Å². The molecular formula is C9H14N2O3S. The molecule has 2 rings (SSSR count). The molecule has 1 atom stereocenters. The van der Waals surface area contributed by atoms with Gasteiger partial charge in [0.25, 0.3) is 0 Å². The molecule has 5 nitrogen and oxygen atoms in total. The average molecular weight is 230 g/mol. The molecule has 0 saturated carbocycles. The van der Waals surface area contributed by atoms with Gasteiger partial charge >= 0.3 is 0 Å². The van der Waals surface area contributed by atoms with Gasteiger partial charge in [-0.05, 0) is 19.4 Å². The van der Waals surface area contributed by atoms with Gasteiger partial charge in [-0.25, -0.2) is 8.42 Å². The SMILES string of the molecule is CC1(O)CCN(S(=O)(=O)c2cc[nH]c2)C1. The van der Waals surface area contributed by atoms with Crippen molar-refractivity contribution in [3.63, 3.8) is 0 Å². The van der Waals surface area contributed by atoms with Gasteiger partial charge in [0.05, 0.1) is 10.5 Å². The summed E-state index contributed by atoms with van der Waals surface area (Å²) >= 11 is 0. The molecule has 15 heavy (non-hydrogen) atoms. The zero-order chi connectivity index (χ0) is 11.1. The Hall–Kier alpha value is -0.850. The zero-order valence-electron chi connectivity index (χ0n) is 8.47. The molecule has 2 N–H and O–H groups in total. The van der Waals surface area contributed by atoms with E-state index in [9.17, 15) is 13.5 Å². The van der Waals surface area contributed by atoms with Crippen molar-refractivity contribution in [2.45, 2.75) is 23.8 Å². The Morgan fingerprint density at radius 2 is 2.33 bits per heavy atom. The van der Waals surface area contributed by atoms with Gasteiger partial charge in [0.2, 0.25) is 10.0 Å². The molecule has 1 aromatic rings. The minimum Gasteiger partial charge on any atom is -0.389 e. The number of H-pyrrole nitrogens is 1. The molecule has 0 spiro atoms. The van der Waals surface area contributed by atoms with E-state index >= 15 is 0 Å². The van der Waals surface area contributed by atoms with Gasteiger partial charge in [0.1, 0.15) is 0 Å². The molecule has 0 aliphatic carbocycles. The summed E-state index contributed by atoms with van der Waals surface area (Å²) in [6, 6.07) is 1.52. The Balaban J connectivity index is 2.26. The summed E-state index contributed by atoms with van der Waals surface area (Å²) in [5, 5.41) is 9.71. The van der Waals surface area contributed by atoms with Crippen LogP contribution in [0.2, 0.25) is 0 Å². The number of rotatable bonds is 2. The fourth-order valence-electron chi connectivity index (χ4n) is 1.73. The zero-order valence-corrected chi connectivity index (χ0v) is 9.29. The second-order valence-electron chi connectivity index (χ2n) is 4.13. The number of nitrogens with zero attached hydrogens (tertiary/aromatic N) is 1. The molecular weight excluding hydrogens is 216 g/mol. The molecule has 0 radical (unpaired) electrons. The number of nitrogens with one attached hydrogen (secondary N) is 1. The van der Waals surface area contributed by atoms with Gasteiger partial charge < -0.3 is 10.1 Å². The lowest BCUT2D eigenvalue weighted by Crippen LogP contribution is -2.33. The molecule has 1 fully saturated rings. The molecule has 0 bridgehead atoms. The number of sulfonamides is 1. The molecule has 1 aliphatic rings. The number of hydrogen-bond donors (Lipinski definition) is 2. The van der Waals surface area contributed by atoms with E-state index in [0.717, 1.165) is 0 Å². The molecule has 0 aromatic carbocycles. The molecule has 0 amide bonds. The Morgan fingerprint density at radius 3 is 2.80 bits per heavy atom. The monoisotopic (exact) mass is 230 g/mol. The van der Waals surface area contributed by atoms with Gasteiger partial charge in [0.15, 0.2) is 0 Å². The first-order valence-corrected chi connectivity index (χ1v) is 6.21. The highest BCUT2D eigenvalue weighted by molar-refractivity contribution is 7.89. The van der Waals surface area contributed by atoms with Crippen LogP contribution in [0.15, 0.2) is 23.4 Å². The van der Waals surface area contributed by atoms with Crippen molar-refractivity contribution < 1.29 is 13.5 Å². The maximum absolute atomic E-state index is 12.0. The van der Waals surface area contributed by atoms with Gasteiger partial charge in [-0.2, -0.15) is 4.31 Å². The second-order valence-corrected chi connectivity index (χ2v) is 6.07. The van der Waals surface area contributed by atoms with E-state index in [-0.39, 0.29) is 11.4 Å². The normalized spacial score (nSPS) is 28.4. The Morgan fingerprint density at radius 1 is 1.60 bits per heavy atom. The number of aromatic nitrogens is 1. The summed E-state index contributed by atoms with van der Waals surface area (Å²) in [5.74, 6) is 0. The fraction of sp³-hybridized carbons (Fsp3) is 0.556. The van der Waals surface area contributed by atoms with E-state index in [2.05, 4.69) is 4.98 Å². The third-order valence-electron chi connectivity index (χ3n) is 2.62. The van der Waals surface area contributed by atoms with Crippen LogP contribution in [0.3, 0.4) is 0 Å². The molecule has 1 aromatic heterocycles. The van der Waals surface area contributed by atoms with Crippen molar-refractivity contribution in [2.75, 3.05) is 13.1 Å². The third kappa shape index (κ3) is 1.92. The minimum absolute atomic E-state index is 0.167. The van der Waals surface area contributed by atoms with Crippen LogP contribution in [0.1, 0.15) is 13.3 Å². The maximum Gasteiger partial charge on any atom is 0.244 e. The van der Waals surface area contributed by atoms with E-state index in [0.29, 0.717) is 13.0 Å². The quantitative estimate of drug-likeness (QED) is 0.760. The summed E-state index contributed by atoms with van der Waals surface area (Å²) in [7, 11) is -3.42. The van der Waals surface area contributed by atoms with Crippen LogP contribution in [0.25, 0.3) is 0 Å². The first kappa shape index (κ1) is 10.7. The smallest absolute Gasteiger partial charge is 0.244 e. The standard InChI is InChI=1S/C9H14N2O3S/c1-9(12)3-5-11(7-9)15(13,14)8-2-4-10-6-8/h2,4,6,10,12H,3,5,7H2,1H3. The summed E-state index contributed by atoms with van der Waals surface area (Å²) < 4.78 is 25.3. The van der Waals surface area contributed by atoms with Crippen molar-refractivity contribution >= 4 is 10.0 Å². The number of hydrogen-bond acceptors (Lipinski definition) is 3. The summed E-state index contributed by atoms with van der Waals surface area (Å²) in [6.45, 7) is 2.20. The van der Waals surface area contributed by atoms with Gasteiger partial charge in [-0.15, -0.1) is 0 Å². The lowest BCUT2D eigenvalue weighted by molar-refractivity contribution is 0.0762. The molecule has 6 heteroatoms. The van der Waals surface area contributed by atoms with Crippen molar-refractivity contribution in [3.8, 4) is 0 Å². The van der Waals surface area contributed by atoms with Gasteiger partial charge in [-0.3, -0.25) is 0 Å². The summed E-state index contributed by atoms with van der Waals surface area (Å²) in [6.07, 6.45) is 3.50. The lowest BCUT2D eigenvalue weighted by atomic mass is 10.1. The molecule has 1 saturated heterocycles. The fourth-order valence-corrected chi connectivity index (χ4v) is 3.26. The number of aliphatic hydroxyl groups is 1. The lowest BCUT2D eigenvalue weighted by Gasteiger charge is -2.18. The maximum atomic E-state index is 12.0. The number of aromatic amines is 1. The molecule has 1 aliphatic heterocycles. The van der Waals surface area contributed by atoms with Crippen LogP contribution in [-0.4, -0.2) is 41.5 Å². The summed E-state index contributed by atoms with van der Waals surface area (Å²) in [4.78, 5) is 2.96.